The summed E-state index contributed by atoms with van der Waals surface area (Å²) < 4.78 is 0. The minimum atomic E-state index is -0.117. The highest BCUT2D eigenvalue weighted by molar-refractivity contribution is 7.15. The topological polar surface area (TPSA) is 54.9 Å². The second-order valence-corrected chi connectivity index (χ2v) is 5.64. The first kappa shape index (κ1) is 13.7. The van der Waals surface area contributed by atoms with Gasteiger partial charge in [0.2, 0.25) is 5.13 Å². The quantitative estimate of drug-likeness (QED) is 0.935. The smallest absolute Gasteiger partial charge is 0.258 e. The molecule has 0 aliphatic heterocycles. The average Bonchev–Trinajstić information content (AvgIpc) is 2.75. The number of carbonyl (C=O) groups excluding carboxylic acids is 1. The lowest BCUT2D eigenvalue weighted by Crippen LogP contribution is -2.15. The zero-order valence-corrected chi connectivity index (χ0v) is 12.4. The zero-order chi connectivity index (χ0) is 14.0. The van der Waals surface area contributed by atoms with Crippen molar-refractivity contribution in [2.24, 2.45) is 0 Å². The van der Waals surface area contributed by atoms with Crippen molar-refractivity contribution >= 4 is 22.4 Å². The molecule has 0 radical (unpaired) electrons. The number of carbonyl (C=O) groups is 1. The maximum Gasteiger partial charge on any atom is 0.258 e. The molecule has 0 fully saturated rings. The molecule has 0 aliphatic carbocycles. The molecule has 0 saturated carbocycles. The van der Waals surface area contributed by atoms with E-state index in [0.29, 0.717) is 5.13 Å². The van der Waals surface area contributed by atoms with Crippen LogP contribution < -0.4 is 5.32 Å². The van der Waals surface area contributed by atoms with Crippen LogP contribution in [-0.4, -0.2) is 16.1 Å². The van der Waals surface area contributed by atoms with Gasteiger partial charge in [-0.1, -0.05) is 36.0 Å². The monoisotopic (exact) mass is 275 g/mol. The molecular weight excluding hydrogens is 258 g/mol. The van der Waals surface area contributed by atoms with Gasteiger partial charge in [0, 0.05) is 5.56 Å². The van der Waals surface area contributed by atoms with Crippen LogP contribution in [0.2, 0.25) is 0 Å². The van der Waals surface area contributed by atoms with Crippen LogP contribution in [0, 0.1) is 20.8 Å². The Morgan fingerprint density at radius 2 is 1.84 bits per heavy atom. The summed E-state index contributed by atoms with van der Waals surface area (Å²) in [6, 6.07) is 4.03. The highest BCUT2D eigenvalue weighted by Gasteiger charge is 2.14. The van der Waals surface area contributed by atoms with Crippen molar-refractivity contribution in [2.75, 3.05) is 5.32 Å². The minimum Gasteiger partial charge on any atom is -0.296 e. The summed E-state index contributed by atoms with van der Waals surface area (Å²) in [6.07, 6.45) is 0.829. The number of anilines is 1. The Morgan fingerprint density at radius 1 is 1.21 bits per heavy atom. The molecule has 2 aromatic rings. The number of amides is 1. The van der Waals surface area contributed by atoms with Crippen molar-refractivity contribution in [3.8, 4) is 0 Å². The van der Waals surface area contributed by atoms with Gasteiger partial charge in [-0.25, -0.2) is 0 Å². The van der Waals surface area contributed by atoms with Crippen LogP contribution in [-0.2, 0) is 6.42 Å². The first-order chi connectivity index (χ1) is 9.01. The van der Waals surface area contributed by atoms with Gasteiger partial charge in [-0.15, -0.1) is 10.2 Å². The van der Waals surface area contributed by atoms with Gasteiger partial charge in [0.05, 0.1) is 0 Å². The van der Waals surface area contributed by atoms with Crippen molar-refractivity contribution in [3.63, 3.8) is 0 Å². The first-order valence-electron chi connectivity index (χ1n) is 6.22. The number of hydrogen-bond donors (Lipinski definition) is 1. The largest absolute Gasteiger partial charge is 0.296 e. The lowest BCUT2D eigenvalue weighted by atomic mass is 9.99. The summed E-state index contributed by atoms with van der Waals surface area (Å²) in [5.74, 6) is -0.117. The second-order valence-electron chi connectivity index (χ2n) is 4.58. The minimum absolute atomic E-state index is 0.117. The lowest BCUT2D eigenvalue weighted by molar-refractivity contribution is 0.102. The molecule has 1 amide bonds. The molecule has 2 rings (SSSR count). The van der Waals surface area contributed by atoms with E-state index in [-0.39, 0.29) is 5.91 Å². The van der Waals surface area contributed by atoms with Gasteiger partial charge in [-0.05, 0) is 38.3 Å². The Labute approximate surface area is 116 Å². The third-order valence-electron chi connectivity index (χ3n) is 2.89. The number of benzene rings is 1. The van der Waals surface area contributed by atoms with E-state index in [1.807, 2.05) is 39.8 Å². The molecule has 0 atom stereocenters. The SMILES string of the molecule is CCc1nnc(NC(=O)c2c(C)cc(C)cc2C)s1. The predicted octanol–water partition coefficient (Wildman–Crippen LogP) is 3.28. The second kappa shape index (κ2) is 5.48. The highest BCUT2D eigenvalue weighted by Crippen LogP contribution is 2.20. The Bertz CT molecular complexity index is 596. The third-order valence-corrected chi connectivity index (χ3v) is 3.88. The van der Waals surface area contributed by atoms with Gasteiger partial charge in [-0.2, -0.15) is 0 Å². The average molecular weight is 275 g/mol. The van der Waals surface area contributed by atoms with Crippen LogP contribution in [0.5, 0.6) is 0 Å². The molecule has 19 heavy (non-hydrogen) atoms. The van der Waals surface area contributed by atoms with E-state index in [9.17, 15) is 4.79 Å². The molecule has 0 saturated heterocycles. The third kappa shape index (κ3) is 2.98. The Balaban J connectivity index is 2.25. The summed E-state index contributed by atoms with van der Waals surface area (Å²) in [6.45, 7) is 7.94. The van der Waals surface area contributed by atoms with Crippen LogP contribution in [0.25, 0.3) is 0 Å². The molecule has 5 heteroatoms. The van der Waals surface area contributed by atoms with Crippen LogP contribution in [0.3, 0.4) is 0 Å². The molecule has 1 aromatic heterocycles. The summed E-state index contributed by atoms with van der Waals surface area (Å²) in [5.41, 5.74) is 3.85. The summed E-state index contributed by atoms with van der Waals surface area (Å²) in [4.78, 5) is 12.3. The summed E-state index contributed by atoms with van der Waals surface area (Å²) in [7, 11) is 0. The molecule has 0 unspecified atom stereocenters. The molecule has 1 heterocycles. The van der Waals surface area contributed by atoms with Gasteiger partial charge >= 0.3 is 0 Å². The van der Waals surface area contributed by atoms with Gasteiger partial charge in [-0.3, -0.25) is 10.1 Å². The number of rotatable bonds is 3. The van der Waals surface area contributed by atoms with Crippen molar-refractivity contribution < 1.29 is 4.79 Å². The number of hydrogen-bond acceptors (Lipinski definition) is 4. The molecule has 1 aromatic carbocycles. The van der Waals surface area contributed by atoms with E-state index in [2.05, 4.69) is 15.5 Å². The molecule has 0 bridgehead atoms. The predicted molar refractivity (Wildman–Crippen MR) is 77.9 cm³/mol. The number of aryl methyl sites for hydroxylation is 4. The number of nitrogens with one attached hydrogen (secondary N) is 1. The fourth-order valence-electron chi connectivity index (χ4n) is 2.14. The number of aromatic nitrogens is 2. The standard InChI is InChI=1S/C14H17N3OS/c1-5-11-16-17-14(19-11)15-13(18)12-9(3)6-8(2)7-10(12)4/h6-7H,5H2,1-4H3,(H,15,17,18). The van der Waals surface area contributed by atoms with E-state index in [1.165, 1.54) is 11.3 Å². The Kier molecular flexibility index (Phi) is 3.95. The molecule has 0 aliphatic rings. The van der Waals surface area contributed by atoms with Gasteiger partial charge in [0.1, 0.15) is 5.01 Å². The van der Waals surface area contributed by atoms with E-state index < -0.39 is 0 Å². The summed E-state index contributed by atoms with van der Waals surface area (Å²) >= 11 is 1.42. The van der Waals surface area contributed by atoms with Crippen LogP contribution >= 0.6 is 11.3 Å². The highest BCUT2D eigenvalue weighted by atomic mass is 32.1. The van der Waals surface area contributed by atoms with Crippen molar-refractivity contribution in [1.82, 2.24) is 10.2 Å². The maximum atomic E-state index is 12.3. The normalized spacial score (nSPS) is 10.5. The molecular formula is C14H17N3OS. The molecule has 4 nitrogen and oxygen atoms in total. The van der Waals surface area contributed by atoms with E-state index in [4.69, 9.17) is 0 Å². The van der Waals surface area contributed by atoms with Crippen LogP contribution in [0.1, 0.15) is 39.0 Å². The van der Waals surface area contributed by atoms with Crippen LogP contribution in [0.15, 0.2) is 12.1 Å². The van der Waals surface area contributed by atoms with Gasteiger partial charge in [0.25, 0.3) is 5.91 Å². The maximum absolute atomic E-state index is 12.3. The van der Waals surface area contributed by atoms with E-state index in [1.54, 1.807) is 0 Å². The molecule has 100 valence electrons. The molecule has 1 N–H and O–H groups in total. The summed E-state index contributed by atoms with van der Waals surface area (Å²) in [5, 5.41) is 12.3. The van der Waals surface area contributed by atoms with Gasteiger partial charge < -0.3 is 0 Å². The lowest BCUT2D eigenvalue weighted by Gasteiger charge is -2.10. The zero-order valence-electron chi connectivity index (χ0n) is 11.6. The van der Waals surface area contributed by atoms with Crippen molar-refractivity contribution in [2.45, 2.75) is 34.1 Å². The van der Waals surface area contributed by atoms with E-state index >= 15 is 0 Å². The van der Waals surface area contributed by atoms with Crippen molar-refractivity contribution in [1.29, 1.82) is 0 Å². The molecule has 0 spiro atoms. The first-order valence-corrected chi connectivity index (χ1v) is 7.04. The van der Waals surface area contributed by atoms with Gasteiger partial charge in [0.15, 0.2) is 0 Å². The number of nitrogens with zero attached hydrogens (tertiary/aromatic N) is 2. The van der Waals surface area contributed by atoms with Crippen molar-refractivity contribution in [3.05, 3.63) is 39.4 Å². The van der Waals surface area contributed by atoms with E-state index in [0.717, 1.165) is 33.7 Å². The van der Waals surface area contributed by atoms with Crippen LogP contribution in [0.4, 0.5) is 5.13 Å². The fourth-order valence-corrected chi connectivity index (χ4v) is 2.82. The fraction of sp³-hybridized carbons (Fsp3) is 0.357. The Morgan fingerprint density at radius 3 is 2.37 bits per heavy atom. The Hall–Kier alpha value is -1.75.